The van der Waals surface area contributed by atoms with Crippen LogP contribution < -0.4 is 10.6 Å². The molecule has 280 valence electrons. The van der Waals surface area contributed by atoms with E-state index in [1.807, 2.05) is 25.8 Å². The van der Waals surface area contributed by atoms with E-state index in [0.29, 0.717) is 24.0 Å². The summed E-state index contributed by atoms with van der Waals surface area (Å²) >= 11 is 1.15. The third kappa shape index (κ3) is 11.0. The van der Waals surface area contributed by atoms with E-state index >= 15 is 0 Å². The minimum atomic E-state index is -0.988. The van der Waals surface area contributed by atoms with Gasteiger partial charge in [-0.05, 0) is 44.8 Å². The Hall–Kier alpha value is -4.02. The van der Waals surface area contributed by atoms with Gasteiger partial charge in [0.2, 0.25) is 11.8 Å². The lowest BCUT2D eigenvalue weighted by atomic mass is 9.92. The molecule has 4 heterocycles. The van der Waals surface area contributed by atoms with E-state index in [4.69, 9.17) is 9.47 Å². The number of carboxylic acids is 1. The van der Waals surface area contributed by atoms with Crippen molar-refractivity contribution >= 4 is 41.0 Å². The number of likely N-dealkylation sites (tertiary alicyclic amines) is 1. The lowest BCUT2D eigenvalue weighted by Gasteiger charge is -2.40. The molecule has 0 bridgehead atoms. The number of rotatable bonds is 17. The molecule has 3 N–H and O–H groups in total. The van der Waals surface area contributed by atoms with Gasteiger partial charge in [-0.2, -0.15) is 0 Å². The van der Waals surface area contributed by atoms with Crippen LogP contribution in [0.2, 0.25) is 0 Å². The average Bonchev–Trinajstić information content (AvgIpc) is 3.56. The van der Waals surface area contributed by atoms with E-state index in [1.165, 1.54) is 6.92 Å². The Balaban J connectivity index is 1.50. The fourth-order valence-electron chi connectivity index (χ4n) is 6.54. The predicted molar refractivity (Wildman–Crippen MR) is 188 cm³/mol. The monoisotopic (exact) mass is 729 g/mol. The lowest BCUT2D eigenvalue weighted by molar-refractivity contribution is -0.151. The van der Waals surface area contributed by atoms with Crippen molar-refractivity contribution in [2.75, 3.05) is 33.9 Å². The molecule has 0 unspecified atom stereocenters. The van der Waals surface area contributed by atoms with Gasteiger partial charge in [0, 0.05) is 62.6 Å². The molecule has 4 rings (SSSR count). The van der Waals surface area contributed by atoms with E-state index in [-0.39, 0.29) is 54.6 Å². The van der Waals surface area contributed by atoms with Crippen molar-refractivity contribution in [3.8, 4) is 0 Å². The van der Waals surface area contributed by atoms with Crippen LogP contribution in [0.4, 0.5) is 0 Å². The van der Waals surface area contributed by atoms with Crippen LogP contribution in [0.5, 0.6) is 0 Å². The summed E-state index contributed by atoms with van der Waals surface area (Å²) in [7, 11) is 3.62. The molecule has 2 aromatic rings. The number of carbonyl (C=O) groups excluding carboxylic acids is 4. The number of esters is 1. The minimum absolute atomic E-state index is 0.0737. The Morgan fingerprint density at radius 2 is 1.80 bits per heavy atom. The molecule has 2 aliphatic heterocycles. The smallest absolute Gasteiger partial charge is 0.306 e. The van der Waals surface area contributed by atoms with Gasteiger partial charge in [0.25, 0.3) is 5.91 Å². The molecule has 2 saturated heterocycles. The first-order valence-corrected chi connectivity index (χ1v) is 18.4. The van der Waals surface area contributed by atoms with Gasteiger partial charge in [-0.25, -0.2) is 15.0 Å². The maximum Gasteiger partial charge on any atom is 0.306 e. The predicted octanol–water partition coefficient (Wildman–Crippen LogP) is 2.48. The average molecular weight is 730 g/mol. The number of hydrogen-bond acceptors (Lipinski definition) is 12. The molecule has 15 nitrogen and oxygen atoms in total. The van der Waals surface area contributed by atoms with Crippen molar-refractivity contribution in [3.63, 3.8) is 0 Å². The highest BCUT2D eigenvalue weighted by Gasteiger charge is 2.41. The molecule has 3 amide bonds. The van der Waals surface area contributed by atoms with Crippen molar-refractivity contribution in [2.45, 2.75) is 96.5 Å². The number of hydrogen-bond donors (Lipinski definition) is 3. The molecule has 16 heteroatoms. The number of nitrogens with zero attached hydrogens (tertiary/aromatic N) is 5. The summed E-state index contributed by atoms with van der Waals surface area (Å²) in [6.07, 6.45) is 5.57. The first kappa shape index (κ1) is 39.8. The first-order valence-electron chi connectivity index (χ1n) is 17.5. The van der Waals surface area contributed by atoms with E-state index in [0.717, 1.165) is 37.1 Å². The highest BCUT2D eigenvalue weighted by Crippen LogP contribution is 2.31. The fraction of sp³-hybridized carbons (Fsp3) is 0.657. The molecule has 0 spiro atoms. The van der Waals surface area contributed by atoms with E-state index < -0.39 is 48.0 Å². The summed E-state index contributed by atoms with van der Waals surface area (Å²) in [5, 5.41) is 17.4. The number of thiazole rings is 1. The summed E-state index contributed by atoms with van der Waals surface area (Å²) in [4.78, 5) is 81.5. The van der Waals surface area contributed by atoms with Gasteiger partial charge >= 0.3 is 11.9 Å². The number of ether oxygens (including phenoxy) is 2. The Kier molecular flexibility index (Phi) is 14.4. The molecular weight excluding hydrogens is 678 g/mol. The van der Waals surface area contributed by atoms with Gasteiger partial charge in [0.05, 0.1) is 25.2 Å². The van der Waals surface area contributed by atoms with Gasteiger partial charge in [-0.15, -0.1) is 11.3 Å². The molecule has 2 fully saturated rings. The van der Waals surface area contributed by atoms with Crippen molar-refractivity contribution in [3.05, 3.63) is 40.4 Å². The molecule has 6 atom stereocenters. The normalized spacial score (nSPS) is 19.5. The van der Waals surface area contributed by atoms with Gasteiger partial charge in [0.15, 0.2) is 6.10 Å². The fourth-order valence-corrected chi connectivity index (χ4v) is 7.38. The second-order valence-electron chi connectivity index (χ2n) is 14.0. The molecule has 2 aromatic heterocycles. The highest BCUT2D eigenvalue weighted by atomic mass is 32.1. The van der Waals surface area contributed by atoms with E-state index in [1.54, 1.807) is 42.7 Å². The summed E-state index contributed by atoms with van der Waals surface area (Å²) in [5.41, 5.74) is 0.0834. The van der Waals surface area contributed by atoms with E-state index in [2.05, 4.69) is 25.6 Å². The van der Waals surface area contributed by atoms with E-state index in [9.17, 15) is 29.1 Å². The summed E-state index contributed by atoms with van der Waals surface area (Å²) in [6.45, 7) is 8.34. The molecule has 0 radical (unpaired) electrons. The van der Waals surface area contributed by atoms with Crippen molar-refractivity contribution in [1.29, 1.82) is 0 Å². The number of amides is 3. The number of nitrogens with one attached hydrogen (secondary N) is 2. The molecule has 2 aliphatic rings. The SMILES string of the molecule is CC(=O)O[C@H](C[C@H](C(C)C)N(C)C(=O)[C@@H](NC(=O)[C@H]1CCCCN1C)C1COC1)c1nc(C(=O)N[C@@H](Cc2ncccn2)C[C@H](C)C(=O)O)cs1. The topological polar surface area (TPSA) is 193 Å². The number of carbonyl (C=O) groups is 5. The summed E-state index contributed by atoms with van der Waals surface area (Å²) < 4.78 is 11.1. The van der Waals surface area contributed by atoms with Crippen LogP contribution >= 0.6 is 11.3 Å². The molecule has 0 aromatic carbocycles. The number of likely N-dealkylation sites (N-methyl/N-ethyl adjacent to an activating group) is 2. The Bertz CT molecular complexity index is 1500. The van der Waals surface area contributed by atoms with Crippen LogP contribution in [0.15, 0.2) is 23.8 Å². The minimum Gasteiger partial charge on any atom is -0.481 e. The Morgan fingerprint density at radius 3 is 2.39 bits per heavy atom. The van der Waals surface area contributed by atoms with Crippen LogP contribution in [0.1, 0.15) is 87.2 Å². The zero-order valence-electron chi connectivity index (χ0n) is 30.2. The zero-order chi connectivity index (χ0) is 37.2. The zero-order valence-corrected chi connectivity index (χ0v) is 31.1. The Labute approximate surface area is 302 Å². The van der Waals surface area contributed by atoms with Crippen LogP contribution in [-0.4, -0.2) is 118 Å². The van der Waals surface area contributed by atoms with Crippen molar-refractivity contribution < 1.29 is 38.6 Å². The number of aromatic nitrogens is 3. The maximum absolute atomic E-state index is 14.1. The van der Waals surface area contributed by atoms with Crippen molar-refractivity contribution in [1.82, 2.24) is 35.4 Å². The van der Waals surface area contributed by atoms with Crippen LogP contribution in [-0.2, 0) is 35.1 Å². The molecule has 0 aliphatic carbocycles. The second-order valence-corrected chi connectivity index (χ2v) is 14.8. The van der Waals surface area contributed by atoms with Gasteiger partial charge in [0.1, 0.15) is 22.6 Å². The lowest BCUT2D eigenvalue weighted by Crippen LogP contribution is -2.61. The molecule has 0 saturated carbocycles. The summed E-state index contributed by atoms with van der Waals surface area (Å²) in [6, 6.07) is -0.407. The number of piperidine rings is 1. The maximum atomic E-state index is 14.1. The van der Waals surface area contributed by atoms with Gasteiger partial charge in [-0.1, -0.05) is 27.2 Å². The van der Waals surface area contributed by atoms with Crippen molar-refractivity contribution in [2.24, 2.45) is 17.8 Å². The first-order chi connectivity index (χ1) is 24.2. The van der Waals surface area contributed by atoms with Gasteiger partial charge < -0.3 is 30.1 Å². The van der Waals surface area contributed by atoms with Gasteiger partial charge in [-0.3, -0.25) is 28.9 Å². The second kappa shape index (κ2) is 18.5. The Morgan fingerprint density at radius 1 is 1.10 bits per heavy atom. The highest BCUT2D eigenvalue weighted by molar-refractivity contribution is 7.09. The largest absolute Gasteiger partial charge is 0.481 e. The van der Waals surface area contributed by atoms with Crippen LogP contribution in [0, 0.1) is 17.8 Å². The quantitative estimate of drug-likeness (QED) is 0.202. The third-order valence-electron chi connectivity index (χ3n) is 9.62. The van der Waals surface area contributed by atoms with Crippen LogP contribution in [0.25, 0.3) is 0 Å². The molecular formula is C35H51N7O8S. The standard InChI is InChI=1S/C35H51N7O8S/c1-20(2)27(42(6)34(46)30(23-17-49-18-23)40-32(45)26-10-7-8-13-41(26)5)16-28(50-22(4)43)33-39-25(19-51-33)31(44)38-24(14-21(3)35(47)48)15-29-36-11-9-12-37-29/h9,11-12,19-21,23-24,26-28,30H,7-8,10,13-18H2,1-6H3,(H,38,44)(H,40,45)(H,47,48)/t21-,24+,26+,27+,28+,30-/m0/s1. The summed E-state index contributed by atoms with van der Waals surface area (Å²) in [5.74, 6) is -2.98. The third-order valence-corrected chi connectivity index (χ3v) is 10.6. The van der Waals surface area contributed by atoms with Crippen LogP contribution in [0.3, 0.4) is 0 Å². The molecule has 51 heavy (non-hydrogen) atoms. The number of aliphatic carboxylic acids is 1. The number of carboxylic acid groups (broad SMARTS) is 1.